The topological polar surface area (TPSA) is 35.5 Å². The van der Waals surface area contributed by atoms with Gasteiger partial charge in [-0.15, -0.1) is 0 Å². The van der Waals surface area contributed by atoms with Gasteiger partial charge in [0.05, 0.1) is 18.7 Å². The minimum atomic E-state index is -4.22. The lowest BCUT2D eigenvalue weighted by atomic mass is 9.86. The van der Waals surface area contributed by atoms with E-state index in [0.29, 0.717) is 6.42 Å². The molecular formula is C11H19F3N2O. The largest absolute Gasteiger partial charge is 0.401 e. The summed E-state index contributed by atoms with van der Waals surface area (Å²) in [4.78, 5) is 2.21. The Kier molecular flexibility index (Phi) is 3.66. The molecule has 2 aliphatic rings. The fourth-order valence-corrected chi connectivity index (χ4v) is 3.12. The summed E-state index contributed by atoms with van der Waals surface area (Å²) in [5.74, 6) is 0. The van der Waals surface area contributed by atoms with Crippen molar-refractivity contribution >= 4 is 0 Å². The zero-order valence-corrected chi connectivity index (χ0v) is 9.76. The molecule has 2 aliphatic heterocycles. The van der Waals surface area contributed by atoms with Gasteiger partial charge in [0.1, 0.15) is 0 Å². The lowest BCUT2D eigenvalue weighted by Crippen LogP contribution is -2.60. The van der Waals surface area contributed by atoms with Crippen LogP contribution in [0.15, 0.2) is 0 Å². The van der Waals surface area contributed by atoms with Crippen LogP contribution >= 0.6 is 0 Å². The first kappa shape index (κ1) is 13.1. The third kappa shape index (κ3) is 2.74. The second-order valence-electron chi connectivity index (χ2n) is 5.08. The fraction of sp³-hybridized carbons (Fsp3) is 1.00. The first-order chi connectivity index (χ1) is 7.97. The molecule has 2 saturated heterocycles. The second-order valence-corrected chi connectivity index (χ2v) is 5.08. The SMILES string of the molecule is OCC1(NCC(F)(F)F)CCN2CCCCC21. The van der Waals surface area contributed by atoms with Crippen LogP contribution in [0.3, 0.4) is 0 Å². The first-order valence-electron chi connectivity index (χ1n) is 6.13. The molecule has 0 aromatic heterocycles. The highest BCUT2D eigenvalue weighted by Gasteiger charge is 2.48. The third-order valence-electron chi connectivity index (χ3n) is 4.02. The van der Waals surface area contributed by atoms with Gasteiger partial charge in [0.2, 0.25) is 0 Å². The molecule has 3 nitrogen and oxygen atoms in total. The molecule has 2 N–H and O–H groups in total. The Hall–Kier alpha value is -0.330. The summed E-state index contributed by atoms with van der Waals surface area (Å²) in [6.07, 6.45) is -0.589. The van der Waals surface area contributed by atoms with Gasteiger partial charge >= 0.3 is 6.18 Å². The lowest BCUT2D eigenvalue weighted by molar-refractivity contribution is -0.131. The average Bonchev–Trinajstić information content (AvgIpc) is 2.66. The van der Waals surface area contributed by atoms with Crippen LogP contribution in [0, 0.1) is 0 Å². The minimum absolute atomic E-state index is 0.0589. The smallest absolute Gasteiger partial charge is 0.394 e. The standard InChI is InChI=1S/C11H19F3N2O/c12-11(13,14)7-15-10(8-17)4-6-16-5-2-1-3-9(10)16/h9,15,17H,1-8H2. The summed E-state index contributed by atoms with van der Waals surface area (Å²) >= 11 is 0. The number of nitrogens with one attached hydrogen (secondary N) is 1. The van der Waals surface area contributed by atoms with Gasteiger partial charge in [-0.2, -0.15) is 13.2 Å². The summed E-state index contributed by atoms with van der Waals surface area (Å²) in [5, 5.41) is 12.1. The van der Waals surface area contributed by atoms with Crippen LogP contribution in [-0.2, 0) is 0 Å². The van der Waals surface area contributed by atoms with E-state index >= 15 is 0 Å². The zero-order chi connectivity index (χ0) is 12.5. The maximum Gasteiger partial charge on any atom is 0.401 e. The predicted molar refractivity (Wildman–Crippen MR) is 57.7 cm³/mol. The first-order valence-corrected chi connectivity index (χ1v) is 6.13. The number of fused-ring (bicyclic) bond motifs is 1. The summed E-state index contributed by atoms with van der Waals surface area (Å²) in [5.41, 5.74) is -0.754. The zero-order valence-electron chi connectivity index (χ0n) is 9.76. The van der Waals surface area contributed by atoms with Crippen molar-refractivity contribution in [1.82, 2.24) is 10.2 Å². The van der Waals surface area contributed by atoms with Gasteiger partial charge in [0.15, 0.2) is 0 Å². The van der Waals surface area contributed by atoms with Crippen LogP contribution in [0.2, 0.25) is 0 Å². The Morgan fingerprint density at radius 3 is 2.71 bits per heavy atom. The van der Waals surface area contributed by atoms with Crippen molar-refractivity contribution in [2.45, 2.75) is 43.4 Å². The number of hydrogen-bond donors (Lipinski definition) is 2. The molecule has 2 unspecified atom stereocenters. The van der Waals surface area contributed by atoms with Gasteiger partial charge in [-0.1, -0.05) is 6.42 Å². The summed E-state index contributed by atoms with van der Waals surface area (Å²) in [6.45, 7) is 0.498. The molecule has 2 fully saturated rings. The molecule has 17 heavy (non-hydrogen) atoms. The Balaban J connectivity index is 2.03. The van der Waals surface area contributed by atoms with Crippen molar-refractivity contribution in [2.24, 2.45) is 0 Å². The molecular weight excluding hydrogens is 233 g/mol. The highest BCUT2D eigenvalue weighted by molar-refractivity contribution is 5.06. The fourth-order valence-electron chi connectivity index (χ4n) is 3.12. The van der Waals surface area contributed by atoms with Crippen molar-refractivity contribution < 1.29 is 18.3 Å². The second kappa shape index (κ2) is 4.74. The van der Waals surface area contributed by atoms with Crippen LogP contribution < -0.4 is 5.32 Å². The van der Waals surface area contributed by atoms with E-state index in [1.165, 1.54) is 0 Å². The van der Waals surface area contributed by atoms with E-state index in [1.54, 1.807) is 0 Å². The Labute approximate surface area is 99.0 Å². The molecule has 0 spiro atoms. The van der Waals surface area contributed by atoms with Gasteiger partial charge in [-0.25, -0.2) is 0 Å². The number of halogens is 3. The molecule has 0 saturated carbocycles. The molecule has 0 aromatic rings. The van der Waals surface area contributed by atoms with Crippen molar-refractivity contribution in [3.63, 3.8) is 0 Å². The van der Waals surface area contributed by atoms with Crippen molar-refractivity contribution in [3.8, 4) is 0 Å². The number of piperidine rings is 1. The van der Waals surface area contributed by atoms with Crippen molar-refractivity contribution in [3.05, 3.63) is 0 Å². The van der Waals surface area contributed by atoms with Crippen LogP contribution in [0.4, 0.5) is 13.2 Å². The summed E-state index contributed by atoms with van der Waals surface area (Å²) in [6, 6.07) is 0.0589. The molecule has 0 bridgehead atoms. The molecule has 2 atom stereocenters. The van der Waals surface area contributed by atoms with Gasteiger partial charge in [0.25, 0.3) is 0 Å². The van der Waals surface area contributed by atoms with Crippen LogP contribution in [0.25, 0.3) is 0 Å². The van der Waals surface area contributed by atoms with Gasteiger partial charge in [0, 0.05) is 12.6 Å². The molecule has 0 aromatic carbocycles. The van der Waals surface area contributed by atoms with Crippen molar-refractivity contribution in [1.29, 1.82) is 0 Å². The van der Waals surface area contributed by atoms with Gasteiger partial charge in [-0.05, 0) is 25.8 Å². The van der Waals surface area contributed by atoms with Crippen LogP contribution in [-0.4, -0.2) is 54.0 Å². The van der Waals surface area contributed by atoms with E-state index in [4.69, 9.17) is 0 Å². The lowest BCUT2D eigenvalue weighted by Gasteiger charge is -2.40. The summed E-state index contributed by atoms with van der Waals surface area (Å²) < 4.78 is 36.8. The number of aliphatic hydroxyl groups excluding tert-OH is 1. The maximum absolute atomic E-state index is 12.3. The van der Waals surface area contributed by atoms with Crippen LogP contribution in [0.1, 0.15) is 25.7 Å². The highest BCUT2D eigenvalue weighted by atomic mass is 19.4. The number of nitrogens with zero attached hydrogens (tertiary/aromatic N) is 1. The molecule has 0 amide bonds. The summed E-state index contributed by atoms with van der Waals surface area (Å²) in [7, 11) is 0. The van der Waals surface area contributed by atoms with Gasteiger partial charge < -0.3 is 5.11 Å². The molecule has 100 valence electrons. The van der Waals surface area contributed by atoms with E-state index < -0.39 is 18.3 Å². The Morgan fingerprint density at radius 1 is 1.29 bits per heavy atom. The normalized spacial score (nSPS) is 34.9. The molecule has 0 radical (unpaired) electrons. The molecule has 2 rings (SSSR count). The van der Waals surface area contributed by atoms with Crippen molar-refractivity contribution in [2.75, 3.05) is 26.2 Å². The van der Waals surface area contributed by atoms with E-state index in [9.17, 15) is 18.3 Å². The molecule has 6 heteroatoms. The van der Waals surface area contributed by atoms with E-state index in [1.807, 2.05) is 0 Å². The molecule has 2 heterocycles. The van der Waals surface area contributed by atoms with E-state index in [-0.39, 0.29) is 12.6 Å². The average molecular weight is 252 g/mol. The third-order valence-corrected chi connectivity index (χ3v) is 4.02. The Morgan fingerprint density at radius 2 is 2.06 bits per heavy atom. The maximum atomic E-state index is 12.3. The predicted octanol–water partition coefficient (Wildman–Crippen LogP) is 1.13. The van der Waals surface area contributed by atoms with E-state index in [0.717, 1.165) is 32.4 Å². The number of aliphatic hydroxyl groups is 1. The quantitative estimate of drug-likeness (QED) is 0.790. The van der Waals surface area contributed by atoms with E-state index in [2.05, 4.69) is 10.2 Å². The number of alkyl halides is 3. The highest BCUT2D eigenvalue weighted by Crippen LogP contribution is 2.35. The minimum Gasteiger partial charge on any atom is -0.394 e. The molecule has 0 aliphatic carbocycles. The number of rotatable bonds is 3. The van der Waals surface area contributed by atoms with Crippen LogP contribution in [0.5, 0.6) is 0 Å². The van der Waals surface area contributed by atoms with Gasteiger partial charge in [-0.3, -0.25) is 10.2 Å². The number of hydrogen-bond acceptors (Lipinski definition) is 3. The Bertz CT molecular complexity index is 272. The monoisotopic (exact) mass is 252 g/mol.